The number of H-pyrrole nitrogens is 1. The van der Waals surface area contributed by atoms with Crippen LogP contribution in [0.1, 0.15) is 18.3 Å². The van der Waals surface area contributed by atoms with E-state index in [9.17, 15) is 0 Å². The number of fused-ring (bicyclic) bond motifs is 1. The second-order valence-electron chi connectivity index (χ2n) is 4.24. The van der Waals surface area contributed by atoms with Crippen molar-refractivity contribution in [2.75, 3.05) is 5.73 Å². The van der Waals surface area contributed by atoms with Gasteiger partial charge in [-0.15, -0.1) is 0 Å². The van der Waals surface area contributed by atoms with E-state index >= 15 is 0 Å². The molecule has 3 heterocycles. The van der Waals surface area contributed by atoms with Crippen molar-refractivity contribution in [1.29, 1.82) is 0 Å². The molecule has 0 radical (unpaired) electrons. The minimum absolute atomic E-state index is 0.389. The molecule has 0 spiro atoms. The lowest BCUT2D eigenvalue weighted by Crippen LogP contribution is -1.98. The van der Waals surface area contributed by atoms with Gasteiger partial charge in [-0.2, -0.15) is 10.2 Å². The van der Waals surface area contributed by atoms with E-state index in [1.54, 1.807) is 0 Å². The van der Waals surface area contributed by atoms with Crippen LogP contribution < -0.4 is 5.73 Å². The number of nitrogens with one attached hydrogen (secondary N) is 1. The minimum atomic E-state index is 0.389. The van der Waals surface area contributed by atoms with Gasteiger partial charge in [-0.1, -0.05) is 6.92 Å². The fraction of sp³-hybridized carbons (Fsp3) is 0.250. The Morgan fingerprint density at radius 3 is 2.84 bits per heavy atom. The maximum atomic E-state index is 5.80. The molecular weight excluding hydrogens is 242 g/mol. The Bertz CT molecular complexity index is 747. The molecule has 0 saturated carbocycles. The first-order chi connectivity index (χ1) is 9.19. The second kappa shape index (κ2) is 4.27. The van der Waals surface area contributed by atoms with Gasteiger partial charge < -0.3 is 10.7 Å². The van der Waals surface area contributed by atoms with E-state index in [0.717, 1.165) is 23.4 Å². The number of nitrogens with two attached hydrogens (primary N) is 1. The molecular formula is C12H13N7. The topological polar surface area (TPSA) is 106 Å². The van der Waals surface area contributed by atoms with Crippen molar-refractivity contribution >= 4 is 17.0 Å². The summed E-state index contributed by atoms with van der Waals surface area (Å²) >= 11 is 0. The fourth-order valence-electron chi connectivity index (χ4n) is 1.95. The predicted octanol–water partition coefficient (Wildman–Crippen LogP) is 1.26. The molecule has 0 unspecified atom stereocenters. The van der Waals surface area contributed by atoms with Crippen molar-refractivity contribution in [3.05, 3.63) is 23.8 Å². The standard InChI is InChI=1S/C12H13N7/c1-3-8-7(4-6(2)18-19-8)11-16-9-10(13)14-5-15-12(9)17-11/h4-5H,3H2,1-2H3,(H3,13,14,15,16,17). The summed E-state index contributed by atoms with van der Waals surface area (Å²) in [6.45, 7) is 3.92. The van der Waals surface area contributed by atoms with Crippen molar-refractivity contribution in [2.45, 2.75) is 20.3 Å². The molecule has 7 nitrogen and oxygen atoms in total. The van der Waals surface area contributed by atoms with Crippen LogP contribution in [-0.4, -0.2) is 30.1 Å². The molecule has 0 saturated heterocycles. The quantitative estimate of drug-likeness (QED) is 0.714. The summed E-state index contributed by atoms with van der Waals surface area (Å²) in [7, 11) is 0. The van der Waals surface area contributed by atoms with E-state index in [-0.39, 0.29) is 0 Å². The number of hydrogen-bond donors (Lipinski definition) is 2. The number of nitrogen functional groups attached to an aromatic ring is 1. The molecule has 0 aromatic carbocycles. The third-order valence-corrected chi connectivity index (χ3v) is 2.90. The Labute approximate surface area is 109 Å². The first kappa shape index (κ1) is 11.5. The van der Waals surface area contributed by atoms with Crippen molar-refractivity contribution in [1.82, 2.24) is 30.1 Å². The summed E-state index contributed by atoms with van der Waals surface area (Å²) < 4.78 is 0. The summed E-state index contributed by atoms with van der Waals surface area (Å²) in [6, 6.07) is 1.95. The molecule has 3 rings (SSSR count). The highest BCUT2D eigenvalue weighted by Gasteiger charge is 2.13. The maximum absolute atomic E-state index is 5.80. The predicted molar refractivity (Wildman–Crippen MR) is 71.2 cm³/mol. The van der Waals surface area contributed by atoms with Gasteiger partial charge in [-0.25, -0.2) is 15.0 Å². The maximum Gasteiger partial charge on any atom is 0.183 e. The average molecular weight is 255 g/mol. The van der Waals surface area contributed by atoms with E-state index in [4.69, 9.17) is 5.73 Å². The molecule has 0 atom stereocenters. The summed E-state index contributed by atoms with van der Waals surface area (Å²) in [5, 5.41) is 8.25. The number of hydrogen-bond acceptors (Lipinski definition) is 6. The monoisotopic (exact) mass is 255 g/mol. The lowest BCUT2D eigenvalue weighted by Gasteiger charge is -2.03. The third-order valence-electron chi connectivity index (χ3n) is 2.90. The molecule has 0 aliphatic rings. The van der Waals surface area contributed by atoms with Crippen molar-refractivity contribution < 1.29 is 0 Å². The molecule has 0 aliphatic carbocycles. The first-order valence-electron chi connectivity index (χ1n) is 5.98. The van der Waals surface area contributed by atoms with Gasteiger partial charge in [-0.05, 0) is 19.4 Å². The normalized spacial score (nSPS) is 11.1. The molecule has 3 aromatic rings. The minimum Gasteiger partial charge on any atom is -0.382 e. The Kier molecular flexibility index (Phi) is 2.59. The third kappa shape index (κ3) is 1.88. The van der Waals surface area contributed by atoms with Crippen LogP contribution in [0.25, 0.3) is 22.6 Å². The van der Waals surface area contributed by atoms with Crippen LogP contribution in [0.3, 0.4) is 0 Å². The van der Waals surface area contributed by atoms with Crippen LogP contribution >= 0.6 is 0 Å². The number of imidazole rings is 1. The average Bonchev–Trinajstić information content (AvgIpc) is 2.84. The van der Waals surface area contributed by atoms with Gasteiger partial charge >= 0.3 is 0 Å². The molecule has 0 aliphatic heterocycles. The van der Waals surface area contributed by atoms with Crippen LogP contribution in [0.15, 0.2) is 12.4 Å². The summed E-state index contributed by atoms with van der Waals surface area (Å²) in [6.07, 6.45) is 2.18. The van der Waals surface area contributed by atoms with Crippen molar-refractivity contribution in [2.24, 2.45) is 0 Å². The van der Waals surface area contributed by atoms with Gasteiger partial charge in [0, 0.05) is 5.56 Å². The van der Waals surface area contributed by atoms with Gasteiger partial charge in [0.05, 0.1) is 11.4 Å². The van der Waals surface area contributed by atoms with Crippen molar-refractivity contribution in [3.63, 3.8) is 0 Å². The Balaban J connectivity index is 2.24. The van der Waals surface area contributed by atoms with Gasteiger partial charge in [0.1, 0.15) is 17.7 Å². The van der Waals surface area contributed by atoms with E-state index in [1.165, 1.54) is 6.33 Å². The van der Waals surface area contributed by atoms with Gasteiger partial charge in [0.2, 0.25) is 0 Å². The Morgan fingerprint density at radius 2 is 2.11 bits per heavy atom. The number of aryl methyl sites for hydroxylation is 2. The number of anilines is 1. The van der Waals surface area contributed by atoms with E-state index < -0.39 is 0 Å². The lowest BCUT2D eigenvalue weighted by atomic mass is 10.1. The van der Waals surface area contributed by atoms with Crippen LogP contribution in [-0.2, 0) is 6.42 Å². The zero-order valence-electron chi connectivity index (χ0n) is 10.7. The molecule has 96 valence electrons. The molecule has 0 amide bonds. The van der Waals surface area contributed by atoms with Crippen molar-refractivity contribution in [3.8, 4) is 11.4 Å². The molecule has 3 N–H and O–H groups in total. The van der Waals surface area contributed by atoms with Crippen LogP contribution in [0.5, 0.6) is 0 Å². The Hall–Kier alpha value is -2.57. The SMILES string of the molecule is CCc1nnc(C)cc1-c1nc2ncnc(N)c2[nH]1. The number of aromatic nitrogens is 6. The molecule has 0 bridgehead atoms. The molecule has 19 heavy (non-hydrogen) atoms. The van der Waals surface area contributed by atoms with Crippen LogP contribution in [0.4, 0.5) is 5.82 Å². The molecule has 7 heteroatoms. The van der Waals surface area contributed by atoms with Crippen LogP contribution in [0, 0.1) is 6.92 Å². The number of aromatic amines is 1. The largest absolute Gasteiger partial charge is 0.382 e. The smallest absolute Gasteiger partial charge is 0.183 e. The van der Waals surface area contributed by atoms with E-state index in [1.807, 2.05) is 19.9 Å². The lowest BCUT2D eigenvalue weighted by molar-refractivity contribution is 0.893. The fourth-order valence-corrected chi connectivity index (χ4v) is 1.95. The highest BCUT2D eigenvalue weighted by Crippen LogP contribution is 2.24. The summed E-state index contributed by atoms with van der Waals surface area (Å²) in [5.41, 5.74) is 9.65. The molecule has 3 aromatic heterocycles. The first-order valence-corrected chi connectivity index (χ1v) is 5.98. The van der Waals surface area contributed by atoms with Gasteiger partial charge in [-0.3, -0.25) is 0 Å². The molecule has 0 fully saturated rings. The van der Waals surface area contributed by atoms with Crippen LogP contribution in [0.2, 0.25) is 0 Å². The zero-order valence-corrected chi connectivity index (χ0v) is 10.7. The summed E-state index contributed by atoms with van der Waals surface area (Å²) in [4.78, 5) is 15.6. The zero-order chi connectivity index (χ0) is 13.4. The van der Waals surface area contributed by atoms with E-state index in [0.29, 0.717) is 22.8 Å². The number of rotatable bonds is 2. The number of nitrogens with zero attached hydrogens (tertiary/aromatic N) is 5. The van der Waals surface area contributed by atoms with E-state index in [2.05, 4.69) is 30.1 Å². The second-order valence-corrected chi connectivity index (χ2v) is 4.24. The Morgan fingerprint density at radius 1 is 1.26 bits per heavy atom. The van der Waals surface area contributed by atoms with Gasteiger partial charge in [0.25, 0.3) is 0 Å². The summed E-state index contributed by atoms with van der Waals surface area (Å²) in [5.74, 6) is 1.08. The highest BCUT2D eigenvalue weighted by molar-refractivity contribution is 5.84. The highest BCUT2D eigenvalue weighted by atomic mass is 15.1. The van der Waals surface area contributed by atoms with Gasteiger partial charge in [0.15, 0.2) is 11.5 Å².